The number of hydrogen-bond acceptors (Lipinski definition) is 7. The number of rotatable bonds is 4. The Kier molecular flexibility index (Phi) is 5.64. The third-order valence-corrected chi connectivity index (χ3v) is 5.05. The van der Waals surface area contributed by atoms with Gasteiger partial charge in [0, 0.05) is 25.0 Å². The van der Waals surface area contributed by atoms with Gasteiger partial charge < -0.3 is 10.2 Å². The van der Waals surface area contributed by atoms with Crippen molar-refractivity contribution in [1.82, 2.24) is 0 Å². The third-order valence-electron chi connectivity index (χ3n) is 3.91. The molecule has 1 aromatic carbocycles. The second kappa shape index (κ2) is 7.70. The lowest BCUT2D eigenvalue weighted by molar-refractivity contribution is 0.572. The van der Waals surface area contributed by atoms with Crippen molar-refractivity contribution in [2.45, 2.75) is 24.2 Å². The van der Waals surface area contributed by atoms with Crippen molar-refractivity contribution in [3.05, 3.63) is 29.5 Å². The summed E-state index contributed by atoms with van der Waals surface area (Å²) in [6, 6.07) is 9.76. The van der Waals surface area contributed by atoms with Gasteiger partial charge in [-0.1, -0.05) is 0 Å². The van der Waals surface area contributed by atoms with Crippen LogP contribution in [0.3, 0.4) is 0 Å². The maximum absolute atomic E-state index is 12.1. The molecule has 1 aliphatic heterocycles. The smallest absolute Gasteiger partial charge is 0.177 e. The summed E-state index contributed by atoms with van der Waals surface area (Å²) in [5.74, 6) is 0. The number of allylic oxidation sites excluding steroid dienone is 2. The van der Waals surface area contributed by atoms with Crippen LogP contribution in [0, 0.1) is 34.0 Å². The van der Waals surface area contributed by atoms with Crippen molar-refractivity contribution in [2.75, 3.05) is 29.6 Å². The lowest BCUT2D eigenvalue weighted by Crippen LogP contribution is -2.30. The Balaban J connectivity index is 2.49. The largest absolute Gasteiger partial charge is 0.370 e. The minimum Gasteiger partial charge on any atom is -0.370 e. The van der Waals surface area contributed by atoms with Gasteiger partial charge in [-0.05, 0) is 37.5 Å². The van der Waals surface area contributed by atoms with Crippen LogP contribution in [0.1, 0.15) is 19.3 Å². The maximum atomic E-state index is 12.1. The lowest BCUT2D eigenvalue weighted by Gasteiger charge is -2.30. The van der Waals surface area contributed by atoms with Gasteiger partial charge in [0.15, 0.2) is 15.4 Å². The van der Waals surface area contributed by atoms with Crippen molar-refractivity contribution >= 4 is 21.2 Å². The molecule has 0 aliphatic carbocycles. The number of sulfone groups is 1. The summed E-state index contributed by atoms with van der Waals surface area (Å²) in [5, 5.41) is 29.7. The molecule has 0 atom stereocenters. The van der Waals surface area contributed by atoms with Crippen molar-refractivity contribution in [2.24, 2.45) is 0 Å². The van der Waals surface area contributed by atoms with Crippen LogP contribution in [0.25, 0.3) is 0 Å². The van der Waals surface area contributed by atoms with Crippen molar-refractivity contribution in [3.63, 3.8) is 0 Å². The van der Waals surface area contributed by atoms with E-state index in [-0.39, 0.29) is 16.2 Å². The minimum absolute atomic E-state index is 0.165. The normalized spacial score (nSPS) is 13.9. The SMILES string of the molecule is CS(=O)(=O)c1ccc(NC(C#N)=C(C#N)C#N)cc1N1CCCCC1. The second-order valence-corrected chi connectivity index (χ2v) is 7.70. The summed E-state index contributed by atoms with van der Waals surface area (Å²) in [5.41, 5.74) is 0.531. The molecule has 1 N–H and O–H groups in total. The van der Waals surface area contributed by atoms with Gasteiger partial charge in [-0.15, -0.1) is 0 Å². The summed E-state index contributed by atoms with van der Waals surface area (Å²) >= 11 is 0. The van der Waals surface area contributed by atoms with E-state index in [0.29, 0.717) is 11.4 Å². The topological polar surface area (TPSA) is 121 Å². The van der Waals surface area contributed by atoms with Gasteiger partial charge in [0.05, 0.1) is 10.6 Å². The van der Waals surface area contributed by atoms with Crippen LogP contribution in [0.4, 0.5) is 11.4 Å². The average Bonchev–Trinajstić information content (AvgIpc) is 2.61. The highest BCUT2D eigenvalue weighted by atomic mass is 32.2. The number of benzene rings is 1. The standard InChI is InChI=1S/C17H17N5O2S/c1-25(23,24)17-6-5-14(21-15(12-20)13(10-18)11-19)9-16(17)22-7-3-2-4-8-22/h5-6,9,21H,2-4,7-8H2,1H3. The Morgan fingerprint density at radius 2 is 1.72 bits per heavy atom. The quantitative estimate of drug-likeness (QED) is 0.823. The van der Waals surface area contributed by atoms with Crippen molar-refractivity contribution < 1.29 is 8.42 Å². The van der Waals surface area contributed by atoms with Crippen LogP contribution in [0.2, 0.25) is 0 Å². The van der Waals surface area contributed by atoms with E-state index in [0.717, 1.165) is 38.6 Å². The molecule has 128 valence electrons. The van der Waals surface area contributed by atoms with Gasteiger partial charge >= 0.3 is 0 Å². The molecule has 7 nitrogen and oxygen atoms in total. The lowest BCUT2D eigenvalue weighted by atomic mass is 10.1. The number of nitrogens with one attached hydrogen (secondary N) is 1. The Morgan fingerprint density at radius 3 is 2.24 bits per heavy atom. The van der Waals surface area contributed by atoms with Crippen LogP contribution in [0.15, 0.2) is 34.4 Å². The Hall–Kier alpha value is -3.02. The summed E-state index contributed by atoms with van der Waals surface area (Å²) in [6.45, 7) is 1.52. The predicted octanol–water partition coefficient (Wildman–Crippen LogP) is 2.32. The van der Waals surface area contributed by atoms with Crippen molar-refractivity contribution in [3.8, 4) is 18.2 Å². The molecule has 1 aliphatic rings. The molecular weight excluding hydrogens is 338 g/mol. The van der Waals surface area contributed by atoms with E-state index < -0.39 is 9.84 Å². The number of piperidine rings is 1. The molecule has 25 heavy (non-hydrogen) atoms. The first-order chi connectivity index (χ1) is 11.9. The molecule has 0 saturated carbocycles. The molecule has 0 radical (unpaired) electrons. The summed E-state index contributed by atoms with van der Waals surface area (Å²) < 4.78 is 24.2. The Morgan fingerprint density at radius 1 is 1.08 bits per heavy atom. The maximum Gasteiger partial charge on any atom is 0.177 e. The van der Waals surface area contributed by atoms with Crippen LogP contribution in [0.5, 0.6) is 0 Å². The number of nitriles is 3. The fourth-order valence-electron chi connectivity index (χ4n) is 2.72. The van der Waals surface area contributed by atoms with Gasteiger partial charge in [0.1, 0.15) is 23.9 Å². The van der Waals surface area contributed by atoms with E-state index in [1.165, 1.54) is 12.1 Å². The van der Waals surface area contributed by atoms with Crippen LogP contribution < -0.4 is 10.2 Å². The number of nitrogens with zero attached hydrogens (tertiary/aromatic N) is 4. The van der Waals surface area contributed by atoms with E-state index in [1.54, 1.807) is 24.3 Å². The number of anilines is 2. The monoisotopic (exact) mass is 355 g/mol. The third kappa shape index (κ3) is 4.29. The number of hydrogen-bond donors (Lipinski definition) is 1. The van der Waals surface area contributed by atoms with Gasteiger partial charge in [0.25, 0.3) is 0 Å². The molecule has 0 amide bonds. The van der Waals surface area contributed by atoms with E-state index in [4.69, 9.17) is 15.8 Å². The zero-order chi connectivity index (χ0) is 18.4. The highest BCUT2D eigenvalue weighted by Gasteiger charge is 2.21. The molecule has 1 heterocycles. The molecule has 1 fully saturated rings. The van der Waals surface area contributed by atoms with Crippen LogP contribution in [-0.4, -0.2) is 27.8 Å². The van der Waals surface area contributed by atoms with Gasteiger partial charge in [-0.25, -0.2) is 8.42 Å². The van der Waals surface area contributed by atoms with Crippen LogP contribution >= 0.6 is 0 Å². The molecule has 8 heteroatoms. The van der Waals surface area contributed by atoms with E-state index in [1.807, 2.05) is 4.90 Å². The first-order valence-corrected chi connectivity index (χ1v) is 9.60. The predicted molar refractivity (Wildman–Crippen MR) is 93.1 cm³/mol. The second-order valence-electron chi connectivity index (χ2n) is 5.71. The van der Waals surface area contributed by atoms with Gasteiger partial charge in [-0.2, -0.15) is 15.8 Å². The molecule has 0 spiro atoms. The van der Waals surface area contributed by atoms with Gasteiger partial charge in [-0.3, -0.25) is 0 Å². The molecular formula is C17H17N5O2S. The molecule has 0 aromatic heterocycles. The zero-order valence-electron chi connectivity index (χ0n) is 13.8. The average molecular weight is 355 g/mol. The van der Waals surface area contributed by atoms with E-state index in [2.05, 4.69) is 5.32 Å². The molecule has 1 aromatic rings. The first-order valence-electron chi connectivity index (χ1n) is 7.71. The van der Waals surface area contributed by atoms with Gasteiger partial charge in [0.2, 0.25) is 0 Å². The Bertz CT molecular complexity index is 907. The highest BCUT2D eigenvalue weighted by Crippen LogP contribution is 2.31. The fourth-order valence-corrected chi connectivity index (χ4v) is 3.60. The van der Waals surface area contributed by atoms with Crippen molar-refractivity contribution in [1.29, 1.82) is 15.8 Å². The molecule has 0 bridgehead atoms. The zero-order valence-corrected chi connectivity index (χ0v) is 14.6. The molecule has 2 rings (SSSR count). The summed E-state index contributed by atoms with van der Waals surface area (Å²) in [7, 11) is -3.41. The molecule has 0 unspecified atom stereocenters. The summed E-state index contributed by atoms with van der Waals surface area (Å²) in [6.07, 6.45) is 4.24. The molecule has 1 saturated heterocycles. The Labute approximate surface area is 147 Å². The minimum atomic E-state index is -3.41. The van der Waals surface area contributed by atoms with E-state index >= 15 is 0 Å². The highest BCUT2D eigenvalue weighted by molar-refractivity contribution is 7.90. The summed E-state index contributed by atoms with van der Waals surface area (Å²) in [4.78, 5) is 2.24. The first kappa shape index (κ1) is 18.3. The van der Waals surface area contributed by atoms with Crippen LogP contribution in [-0.2, 0) is 9.84 Å². The fraction of sp³-hybridized carbons (Fsp3) is 0.353. The van der Waals surface area contributed by atoms with E-state index in [9.17, 15) is 8.42 Å².